The topological polar surface area (TPSA) is 63.8 Å². The number of nitrogens with one attached hydrogen (secondary N) is 1. The second-order valence-electron chi connectivity index (χ2n) is 3.65. The van der Waals surface area contributed by atoms with Gasteiger partial charge in [0.15, 0.2) is 11.3 Å². The fraction of sp³-hybridized carbons (Fsp3) is 0.0769. The summed E-state index contributed by atoms with van der Waals surface area (Å²) >= 11 is 6.50. The zero-order chi connectivity index (χ0) is 14.4. The third-order valence-corrected chi connectivity index (χ3v) is 3.25. The second-order valence-corrected chi connectivity index (χ2v) is 5.29. The van der Waals surface area contributed by atoms with Gasteiger partial charge in [0, 0.05) is 0 Å². The molecule has 0 aliphatic rings. The molecular weight excluding hydrogens is 392 g/mol. The maximum atomic E-state index is 11.5. The number of nitrogens with zero attached hydrogens (tertiary/aromatic N) is 1. The van der Waals surface area contributed by atoms with Crippen LogP contribution in [-0.2, 0) is 4.79 Å². The van der Waals surface area contributed by atoms with Crippen LogP contribution in [-0.4, -0.2) is 18.7 Å². The number of carbonyl (C=O) groups excluding carboxylic acids is 1. The summed E-state index contributed by atoms with van der Waals surface area (Å²) in [6.45, 7) is -0.123. The van der Waals surface area contributed by atoms with E-state index in [9.17, 15) is 4.79 Å². The molecule has 0 aliphatic carbocycles. The first-order chi connectivity index (χ1) is 9.65. The molecule has 2 rings (SSSR count). The highest BCUT2D eigenvalue weighted by Gasteiger charge is 2.04. The Labute approximate surface area is 132 Å². The van der Waals surface area contributed by atoms with Gasteiger partial charge in [-0.1, -0.05) is 12.1 Å². The Morgan fingerprint density at radius 3 is 2.80 bits per heavy atom. The molecule has 1 N–H and O–H groups in total. The monoisotopic (exact) mass is 400 g/mol. The highest BCUT2D eigenvalue weighted by molar-refractivity contribution is 9.10. The molecule has 1 aromatic heterocycles. The van der Waals surface area contributed by atoms with Crippen molar-refractivity contribution in [2.24, 2.45) is 5.10 Å². The van der Waals surface area contributed by atoms with Crippen LogP contribution in [0.25, 0.3) is 0 Å². The van der Waals surface area contributed by atoms with Gasteiger partial charge in [0.2, 0.25) is 0 Å². The van der Waals surface area contributed by atoms with Crippen LogP contribution in [0.5, 0.6) is 5.75 Å². The fourth-order valence-corrected chi connectivity index (χ4v) is 2.02. The Balaban J connectivity index is 1.78. The molecule has 2 aromatic rings. The predicted octanol–water partition coefficient (Wildman–Crippen LogP) is 3.33. The van der Waals surface area contributed by atoms with Gasteiger partial charge in [0.1, 0.15) is 11.5 Å². The van der Waals surface area contributed by atoms with Crippen LogP contribution in [0, 0.1) is 0 Å². The highest BCUT2D eigenvalue weighted by atomic mass is 79.9. The predicted molar refractivity (Wildman–Crippen MR) is 81.8 cm³/mol. The third kappa shape index (κ3) is 4.50. The van der Waals surface area contributed by atoms with E-state index in [4.69, 9.17) is 9.15 Å². The van der Waals surface area contributed by atoms with Gasteiger partial charge in [-0.2, -0.15) is 5.10 Å². The third-order valence-electron chi connectivity index (χ3n) is 2.17. The Morgan fingerprint density at radius 1 is 1.30 bits per heavy atom. The molecule has 1 aromatic carbocycles. The number of para-hydroxylation sites is 1. The Kier molecular flexibility index (Phi) is 5.37. The van der Waals surface area contributed by atoms with Crippen molar-refractivity contribution < 1.29 is 13.9 Å². The molecule has 0 saturated carbocycles. The van der Waals surface area contributed by atoms with Crippen LogP contribution in [0.4, 0.5) is 0 Å². The van der Waals surface area contributed by atoms with E-state index in [1.165, 1.54) is 6.21 Å². The molecule has 0 bridgehead atoms. The smallest absolute Gasteiger partial charge is 0.277 e. The average Bonchev–Trinajstić information content (AvgIpc) is 2.83. The molecule has 0 fully saturated rings. The normalized spacial score (nSPS) is 10.7. The Morgan fingerprint density at radius 2 is 2.10 bits per heavy atom. The minimum atomic E-state index is -0.359. The lowest BCUT2D eigenvalue weighted by Crippen LogP contribution is -2.24. The molecule has 20 heavy (non-hydrogen) atoms. The first-order valence-corrected chi connectivity index (χ1v) is 7.18. The largest absolute Gasteiger partial charge is 0.483 e. The van der Waals surface area contributed by atoms with Crippen molar-refractivity contribution in [2.45, 2.75) is 0 Å². The quantitative estimate of drug-likeness (QED) is 0.617. The molecule has 0 atom stereocenters. The number of benzene rings is 1. The van der Waals surface area contributed by atoms with Crippen LogP contribution in [0.3, 0.4) is 0 Å². The molecule has 1 amide bonds. The lowest BCUT2D eigenvalue weighted by molar-refractivity contribution is -0.123. The van der Waals surface area contributed by atoms with Crippen LogP contribution in [0.1, 0.15) is 5.76 Å². The number of carbonyl (C=O) groups is 1. The van der Waals surface area contributed by atoms with Crippen molar-refractivity contribution in [3.63, 3.8) is 0 Å². The van der Waals surface area contributed by atoms with Gasteiger partial charge in [-0.3, -0.25) is 4.79 Å². The van der Waals surface area contributed by atoms with Gasteiger partial charge in [-0.25, -0.2) is 5.43 Å². The lowest BCUT2D eigenvalue weighted by atomic mass is 10.3. The van der Waals surface area contributed by atoms with Crippen molar-refractivity contribution in [3.8, 4) is 5.75 Å². The minimum Gasteiger partial charge on any atom is -0.483 e. The SMILES string of the molecule is O=C(COc1ccccc1Br)N/N=C\c1ccc(Br)o1. The zero-order valence-corrected chi connectivity index (χ0v) is 13.3. The van der Waals surface area contributed by atoms with E-state index in [-0.39, 0.29) is 12.5 Å². The van der Waals surface area contributed by atoms with Crippen molar-refractivity contribution in [2.75, 3.05) is 6.61 Å². The molecular formula is C13H10Br2N2O3. The number of amides is 1. The van der Waals surface area contributed by atoms with Gasteiger partial charge >= 0.3 is 0 Å². The molecule has 1 heterocycles. The van der Waals surface area contributed by atoms with Gasteiger partial charge in [-0.15, -0.1) is 0 Å². The summed E-state index contributed by atoms with van der Waals surface area (Å²) in [4.78, 5) is 11.5. The van der Waals surface area contributed by atoms with Gasteiger partial charge in [0.25, 0.3) is 5.91 Å². The van der Waals surface area contributed by atoms with Crippen molar-refractivity contribution in [1.82, 2.24) is 5.43 Å². The standard InChI is InChI=1S/C13H10Br2N2O3/c14-10-3-1-2-4-11(10)19-8-13(18)17-16-7-9-5-6-12(15)20-9/h1-7H,8H2,(H,17,18)/b16-7-. The van der Waals surface area contributed by atoms with Crippen LogP contribution >= 0.6 is 31.9 Å². The van der Waals surface area contributed by atoms with E-state index >= 15 is 0 Å². The molecule has 5 nitrogen and oxygen atoms in total. The highest BCUT2D eigenvalue weighted by Crippen LogP contribution is 2.23. The molecule has 7 heteroatoms. The minimum absolute atomic E-state index is 0.123. The Hall–Kier alpha value is -1.60. The second kappa shape index (κ2) is 7.25. The molecule has 0 radical (unpaired) electrons. The van der Waals surface area contributed by atoms with E-state index in [2.05, 4.69) is 42.4 Å². The molecule has 0 spiro atoms. The van der Waals surface area contributed by atoms with Gasteiger partial charge in [-0.05, 0) is 56.1 Å². The first kappa shape index (κ1) is 14.8. The summed E-state index contributed by atoms with van der Waals surface area (Å²) in [5.74, 6) is 0.771. The molecule has 0 saturated heterocycles. The van der Waals surface area contributed by atoms with Crippen molar-refractivity contribution in [3.05, 3.63) is 51.3 Å². The number of hydrogen-bond donors (Lipinski definition) is 1. The average molecular weight is 402 g/mol. The summed E-state index contributed by atoms with van der Waals surface area (Å²) in [6, 6.07) is 10.7. The number of hydrogen-bond acceptors (Lipinski definition) is 4. The van der Waals surface area contributed by atoms with Crippen LogP contribution < -0.4 is 10.2 Å². The fourth-order valence-electron chi connectivity index (χ4n) is 1.30. The van der Waals surface area contributed by atoms with Gasteiger partial charge in [0.05, 0.1) is 10.7 Å². The lowest BCUT2D eigenvalue weighted by Gasteiger charge is -2.06. The summed E-state index contributed by atoms with van der Waals surface area (Å²) in [6.07, 6.45) is 1.40. The van der Waals surface area contributed by atoms with E-state index in [0.29, 0.717) is 16.2 Å². The zero-order valence-electron chi connectivity index (χ0n) is 10.2. The number of furan rings is 1. The maximum absolute atomic E-state index is 11.5. The molecule has 104 valence electrons. The van der Waals surface area contributed by atoms with E-state index < -0.39 is 0 Å². The van der Waals surface area contributed by atoms with Gasteiger partial charge < -0.3 is 9.15 Å². The maximum Gasteiger partial charge on any atom is 0.277 e. The summed E-state index contributed by atoms with van der Waals surface area (Å²) in [5.41, 5.74) is 2.35. The van der Waals surface area contributed by atoms with Crippen molar-refractivity contribution in [1.29, 1.82) is 0 Å². The van der Waals surface area contributed by atoms with E-state index in [0.717, 1.165) is 4.47 Å². The van der Waals surface area contributed by atoms with Crippen molar-refractivity contribution >= 4 is 44.0 Å². The number of ether oxygens (including phenoxy) is 1. The van der Waals surface area contributed by atoms with E-state index in [1.807, 2.05) is 18.2 Å². The summed E-state index contributed by atoms with van der Waals surface area (Å²) < 4.78 is 11.9. The van der Waals surface area contributed by atoms with E-state index in [1.54, 1.807) is 18.2 Å². The first-order valence-electron chi connectivity index (χ1n) is 5.60. The summed E-state index contributed by atoms with van der Waals surface area (Å²) in [7, 11) is 0. The molecule has 0 unspecified atom stereocenters. The van der Waals surface area contributed by atoms with Crippen LogP contribution in [0.2, 0.25) is 0 Å². The number of hydrazone groups is 1. The Bertz CT molecular complexity index is 626. The number of rotatable bonds is 5. The number of halogens is 2. The summed E-state index contributed by atoms with van der Waals surface area (Å²) in [5, 5.41) is 3.76. The van der Waals surface area contributed by atoms with Crippen LogP contribution in [0.15, 0.2) is 55.1 Å². The molecule has 0 aliphatic heterocycles.